The van der Waals surface area contributed by atoms with Crippen LogP contribution < -0.4 is 0 Å². The molecule has 0 aliphatic carbocycles. The topological polar surface area (TPSA) is 64.1 Å². The average Bonchev–Trinajstić information content (AvgIpc) is 2.88. The van der Waals surface area contributed by atoms with Gasteiger partial charge in [0.25, 0.3) is 0 Å². The Morgan fingerprint density at radius 3 is 2.35 bits per heavy atom. The van der Waals surface area contributed by atoms with Crippen molar-refractivity contribution in [3.05, 3.63) is 34.9 Å². The van der Waals surface area contributed by atoms with Gasteiger partial charge in [0, 0.05) is 37.2 Å². The third-order valence-electron chi connectivity index (χ3n) is 6.01. The standard InChI is InChI=1S/C19H26ClN3O3/c1-19(18(25)26)12-14(17(24)23-10-8-21(2)9-11-23)16(22(19)3)13-6-4-5-7-15(13)20/h4-7,14,16H,8-12H2,1-3H3,(H,25,26)/t14-,16-,19-/m1/s1. The second-order valence-electron chi connectivity index (χ2n) is 7.60. The number of carboxylic acids is 1. The molecule has 3 atom stereocenters. The van der Waals surface area contributed by atoms with E-state index >= 15 is 0 Å². The first-order chi connectivity index (χ1) is 12.3. The predicted molar refractivity (Wildman–Crippen MR) is 100 cm³/mol. The Bertz CT molecular complexity index is 705. The Hall–Kier alpha value is -1.63. The Morgan fingerprint density at radius 1 is 1.15 bits per heavy atom. The zero-order valence-electron chi connectivity index (χ0n) is 15.5. The maximum Gasteiger partial charge on any atom is 0.323 e. The molecule has 7 heteroatoms. The zero-order valence-corrected chi connectivity index (χ0v) is 16.2. The number of rotatable bonds is 3. The smallest absolute Gasteiger partial charge is 0.323 e. The molecule has 142 valence electrons. The number of hydrogen-bond acceptors (Lipinski definition) is 4. The molecule has 1 aromatic carbocycles. The highest BCUT2D eigenvalue weighted by molar-refractivity contribution is 6.31. The SMILES string of the molecule is CN1CCN(C(=O)[C@@H]2C[C@](C)(C(=O)O)N(C)[C@@H]2c2ccccc2Cl)CC1. The minimum Gasteiger partial charge on any atom is -0.480 e. The van der Waals surface area contributed by atoms with Crippen molar-refractivity contribution in [3.8, 4) is 0 Å². The number of amides is 1. The summed E-state index contributed by atoms with van der Waals surface area (Å²) >= 11 is 6.41. The number of piperazine rings is 1. The van der Waals surface area contributed by atoms with E-state index in [1.54, 1.807) is 24.9 Å². The van der Waals surface area contributed by atoms with Gasteiger partial charge >= 0.3 is 5.97 Å². The van der Waals surface area contributed by atoms with Crippen molar-refractivity contribution in [2.45, 2.75) is 24.9 Å². The molecule has 2 aliphatic heterocycles. The van der Waals surface area contributed by atoms with Crippen LogP contribution in [0.15, 0.2) is 24.3 Å². The molecule has 3 rings (SSSR count). The summed E-state index contributed by atoms with van der Waals surface area (Å²) in [5.41, 5.74) is -0.286. The van der Waals surface area contributed by atoms with Crippen LogP contribution in [0.3, 0.4) is 0 Å². The van der Waals surface area contributed by atoms with Crippen molar-refractivity contribution < 1.29 is 14.7 Å². The maximum absolute atomic E-state index is 13.3. The van der Waals surface area contributed by atoms with Crippen LogP contribution in [0.25, 0.3) is 0 Å². The normalized spacial score (nSPS) is 30.5. The number of benzene rings is 1. The summed E-state index contributed by atoms with van der Waals surface area (Å²) in [7, 11) is 3.82. The number of carboxylic acid groups (broad SMARTS) is 1. The molecule has 0 unspecified atom stereocenters. The maximum atomic E-state index is 13.3. The van der Waals surface area contributed by atoms with Gasteiger partial charge in [0.1, 0.15) is 5.54 Å². The number of aliphatic carboxylic acids is 1. The molecule has 1 aromatic rings. The van der Waals surface area contributed by atoms with Gasteiger partial charge in [-0.2, -0.15) is 0 Å². The summed E-state index contributed by atoms with van der Waals surface area (Å²) in [5.74, 6) is -1.31. The number of carbonyl (C=O) groups is 2. The minimum atomic E-state index is -1.10. The number of hydrogen-bond donors (Lipinski definition) is 1. The Morgan fingerprint density at radius 2 is 1.77 bits per heavy atom. The van der Waals surface area contributed by atoms with E-state index in [0.29, 0.717) is 18.1 Å². The number of carbonyl (C=O) groups excluding carboxylic acids is 1. The van der Waals surface area contributed by atoms with E-state index in [0.717, 1.165) is 18.7 Å². The average molecular weight is 380 g/mol. The quantitative estimate of drug-likeness (QED) is 0.869. The van der Waals surface area contributed by atoms with Gasteiger partial charge in [0.05, 0.1) is 5.92 Å². The van der Waals surface area contributed by atoms with Crippen molar-refractivity contribution in [2.75, 3.05) is 40.3 Å². The fourth-order valence-corrected chi connectivity index (χ4v) is 4.37. The summed E-state index contributed by atoms with van der Waals surface area (Å²) in [6.07, 6.45) is 0.278. The third-order valence-corrected chi connectivity index (χ3v) is 6.36. The van der Waals surface area contributed by atoms with Crippen LogP contribution in [-0.2, 0) is 9.59 Å². The van der Waals surface area contributed by atoms with Crippen LogP contribution in [0.1, 0.15) is 24.9 Å². The van der Waals surface area contributed by atoms with Gasteiger partial charge in [-0.25, -0.2) is 0 Å². The number of nitrogens with zero attached hydrogens (tertiary/aromatic N) is 3. The van der Waals surface area contributed by atoms with Gasteiger partial charge in [-0.1, -0.05) is 29.8 Å². The molecule has 0 radical (unpaired) electrons. The highest BCUT2D eigenvalue weighted by Crippen LogP contribution is 2.48. The fourth-order valence-electron chi connectivity index (χ4n) is 4.12. The summed E-state index contributed by atoms with van der Waals surface area (Å²) < 4.78 is 0. The lowest BCUT2D eigenvalue weighted by Crippen LogP contribution is -2.49. The second kappa shape index (κ2) is 7.18. The van der Waals surface area contributed by atoms with Crippen LogP contribution in [0.5, 0.6) is 0 Å². The second-order valence-corrected chi connectivity index (χ2v) is 8.00. The highest BCUT2D eigenvalue weighted by Gasteiger charge is 2.55. The van der Waals surface area contributed by atoms with Gasteiger partial charge in [0.2, 0.25) is 5.91 Å². The van der Waals surface area contributed by atoms with Crippen molar-refractivity contribution in [2.24, 2.45) is 5.92 Å². The van der Waals surface area contributed by atoms with Gasteiger partial charge in [0.15, 0.2) is 0 Å². The van der Waals surface area contributed by atoms with Gasteiger partial charge in [-0.3, -0.25) is 14.5 Å². The van der Waals surface area contributed by atoms with E-state index < -0.39 is 17.4 Å². The van der Waals surface area contributed by atoms with Crippen molar-refractivity contribution in [1.29, 1.82) is 0 Å². The fraction of sp³-hybridized carbons (Fsp3) is 0.579. The molecule has 2 heterocycles. The summed E-state index contributed by atoms with van der Waals surface area (Å²) in [6.45, 7) is 4.71. The minimum absolute atomic E-state index is 0.0276. The molecule has 0 aromatic heterocycles. The molecule has 0 bridgehead atoms. The molecule has 0 spiro atoms. The first kappa shape index (κ1) is 19.1. The van der Waals surface area contributed by atoms with E-state index in [9.17, 15) is 14.7 Å². The lowest BCUT2D eigenvalue weighted by molar-refractivity contribution is -0.148. The highest BCUT2D eigenvalue weighted by atomic mass is 35.5. The van der Waals surface area contributed by atoms with Crippen molar-refractivity contribution >= 4 is 23.5 Å². The molecule has 26 heavy (non-hydrogen) atoms. The Labute approximate surface area is 159 Å². The molecule has 0 saturated carbocycles. The van der Waals surface area contributed by atoms with Crippen molar-refractivity contribution in [1.82, 2.24) is 14.7 Å². The molecule has 2 saturated heterocycles. The molecule has 6 nitrogen and oxygen atoms in total. The van der Waals surface area contributed by atoms with Crippen LogP contribution >= 0.6 is 11.6 Å². The van der Waals surface area contributed by atoms with Crippen molar-refractivity contribution in [3.63, 3.8) is 0 Å². The molecule has 2 fully saturated rings. The monoisotopic (exact) mass is 379 g/mol. The van der Waals surface area contributed by atoms with E-state index in [-0.39, 0.29) is 18.4 Å². The first-order valence-corrected chi connectivity index (χ1v) is 9.31. The van der Waals surface area contributed by atoms with Gasteiger partial charge in [-0.05, 0) is 39.1 Å². The summed E-state index contributed by atoms with van der Waals surface area (Å²) in [6, 6.07) is 7.05. The zero-order chi connectivity index (χ0) is 19.1. The van der Waals surface area contributed by atoms with E-state index in [4.69, 9.17) is 11.6 Å². The van der Waals surface area contributed by atoms with Gasteiger partial charge < -0.3 is 14.9 Å². The van der Waals surface area contributed by atoms with E-state index in [1.807, 2.05) is 30.1 Å². The number of likely N-dealkylation sites (N-methyl/N-ethyl adjacent to an activating group) is 2. The third kappa shape index (κ3) is 3.21. The largest absolute Gasteiger partial charge is 0.480 e. The lowest BCUT2D eigenvalue weighted by atomic mass is 9.88. The van der Waals surface area contributed by atoms with Crippen LogP contribution in [0.2, 0.25) is 5.02 Å². The summed E-state index contributed by atoms with van der Waals surface area (Å²) in [5, 5.41) is 10.4. The van der Waals surface area contributed by atoms with E-state index in [2.05, 4.69) is 4.90 Å². The molecule has 1 N–H and O–H groups in total. The van der Waals surface area contributed by atoms with Crippen LogP contribution in [-0.4, -0.2) is 77.5 Å². The molecular weight excluding hydrogens is 354 g/mol. The first-order valence-electron chi connectivity index (χ1n) is 8.94. The van der Waals surface area contributed by atoms with Gasteiger partial charge in [-0.15, -0.1) is 0 Å². The van der Waals surface area contributed by atoms with Crippen LogP contribution in [0, 0.1) is 5.92 Å². The Balaban J connectivity index is 1.96. The molecule has 2 aliphatic rings. The van der Waals surface area contributed by atoms with E-state index in [1.165, 1.54) is 0 Å². The molecule has 1 amide bonds. The predicted octanol–water partition coefficient (Wildman–Crippen LogP) is 1.95. The number of halogens is 1. The van der Waals surface area contributed by atoms with Crippen LogP contribution in [0.4, 0.5) is 0 Å². The molecular formula is C19H26ClN3O3. The lowest BCUT2D eigenvalue weighted by Gasteiger charge is -2.36. The number of likely N-dealkylation sites (tertiary alicyclic amines) is 1. The summed E-state index contributed by atoms with van der Waals surface area (Å²) in [4.78, 5) is 31.1. The Kier molecular flexibility index (Phi) is 5.28.